The summed E-state index contributed by atoms with van der Waals surface area (Å²) in [7, 11) is -1.95. The van der Waals surface area contributed by atoms with Crippen molar-refractivity contribution in [1.82, 2.24) is 0 Å². The zero-order chi connectivity index (χ0) is 20.8. The van der Waals surface area contributed by atoms with Crippen LogP contribution >= 0.6 is 0 Å². The predicted molar refractivity (Wildman–Crippen MR) is 123 cm³/mol. The SMILES string of the molecule is CCCCCC/C=C/[C@@]1(O)C=C[C@@H](O[Si](C)(C)C(C)(C)C)[C@@H]1c1ccccc1. The molecule has 0 saturated heterocycles. The van der Waals surface area contributed by atoms with Gasteiger partial charge >= 0.3 is 0 Å². The maximum Gasteiger partial charge on any atom is 0.192 e. The van der Waals surface area contributed by atoms with Crippen molar-refractivity contribution < 1.29 is 9.53 Å². The maximum absolute atomic E-state index is 11.5. The molecule has 1 aliphatic carbocycles. The van der Waals surface area contributed by atoms with Crippen LogP contribution in [0.4, 0.5) is 0 Å². The fourth-order valence-corrected chi connectivity index (χ4v) is 4.84. The molecular formula is C25H40O2Si. The molecule has 0 spiro atoms. The van der Waals surface area contributed by atoms with E-state index in [0.29, 0.717) is 0 Å². The third-order valence-corrected chi connectivity index (χ3v) is 10.9. The van der Waals surface area contributed by atoms with Gasteiger partial charge in [-0.15, -0.1) is 0 Å². The van der Waals surface area contributed by atoms with Crippen LogP contribution in [0.5, 0.6) is 0 Å². The Kier molecular flexibility index (Phi) is 7.89. The summed E-state index contributed by atoms with van der Waals surface area (Å²) in [5, 5.41) is 11.7. The van der Waals surface area contributed by atoms with Crippen LogP contribution in [0.25, 0.3) is 0 Å². The third kappa shape index (κ3) is 5.68. The fourth-order valence-electron chi connectivity index (χ4n) is 3.59. The molecule has 0 amide bonds. The Bertz CT molecular complexity index is 657. The first-order valence-corrected chi connectivity index (χ1v) is 13.8. The van der Waals surface area contributed by atoms with Gasteiger partial charge in [-0.1, -0.05) is 95.5 Å². The molecule has 1 aromatic rings. The van der Waals surface area contributed by atoms with Crippen LogP contribution in [0, 0.1) is 0 Å². The quantitative estimate of drug-likeness (QED) is 0.275. The molecule has 3 atom stereocenters. The summed E-state index contributed by atoms with van der Waals surface area (Å²) < 4.78 is 6.74. The first kappa shape index (κ1) is 23.1. The Hall–Kier alpha value is -1.16. The molecule has 0 bridgehead atoms. The molecule has 0 aromatic heterocycles. The van der Waals surface area contributed by atoms with Crippen LogP contribution in [-0.4, -0.2) is 25.1 Å². The zero-order valence-corrected chi connectivity index (χ0v) is 19.7. The van der Waals surface area contributed by atoms with E-state index in [4.69, 9.17) is 4.43 Å². The van der Waals surface area contributed by atoms with Crippen molar-refractivity contribution in [2.45, 2.75) is 95.6 Å². The van der Waals surface area contributed by atoms with Gasteiger partial charge in [-0.25, -0.2) is 0 Å². The Morgan fingerprint density at radius 2 is 1.79 bits per heavy atom. The van der Waals surface area contributed by atoms with E-state index in [1.54, 1.807) is 0 Å². The molecule has 0 aliphatic heterocycles. The number of hydrogen-bond donors (Lipinski definition) is 1. The topological polar surface area (TPSA) is 29.5 Å². The number of allylic oxidation sites excluding steroid dienone is 1. The van der Waals surface area contributed by atoms with E-state index < -0.39 is 13.9 Å². The summed E-state index contributed by atoms with van der Waals surface area (Å²) in [5.41, 5.74) is 0.147. The highest BCUT2D eigenvalue weighted by atomic mass is 28.4. The van der Waals surface area contributed by atoms with Crippen molar-refractivity contribution in [2.75, 3.05) is 0 Å². The third-order valence-electron chi connectivity index (χ3n) is 6.38. The molecule has 2 nitrogen and oxygen atoms in total. The van der Waals surface area contributed by atoms with E-state index in [-0.39, 0.29) is 17.1 Å². The average molecular weight is 401 g/mol. The molecule has 1 N–H and O–H groups in total. The minimum absolute atomic E-state index is 0.0990. The van der Waals surface area contributed by atoms with Gasteiger partial charge in [0.1, 0.15) is 5.60 Å². The van der Waals surface area contributed by atoms with E-state index >= 15 is 0 Å². The second kappa shape index (κ2) is 9.56. The van der Waals surface area contributed by atoms with Gasteiger partial charge < -0.3 is 9.53 Å². The standard InChI is InChI=1S/C25H40O2Si/c1-7-8-9-10-11-15-19-25(26)20-18-22(27-28(5,6)24(2,3)4)23(25)21-16-13-12-14-17-21/h12-20,22-23,26H,7-11H2,1-6H3/b19-15+/t22-,23+,25-/m1/s1. The van der Waals surface area contributed by atoms with Crippen LogP contribution < -0.4 is 0 Å². The van der Waals surface area contributed by atoms with Crippen LogP contribution in [0.15, 0.2) is 54.6 Å². The molecule has 28 heavy (non-hydrogen) atoms. The van der Waals surface area contributed by atoms with Gasteiger partial charge in [0.05, 0.1) is 6.10 Å². The monoisotopic (exact) mass is 400 g/mol. The number of rotatable bonds is 9. The van der Waals surface area contributed by atoms with Crippen LogP contribution in [0.3, 0.4) is 0 Å². The van der Waals surface area contributed by atoms with Crippen molar-refractivity contribution in [3.63, 3.8) is 0 Å². The van der Waals surface area contributed by atoms with Crippen molar-refractivity contribution >= 4 is 8.32 Å². The summed E-state index contributed by atoms with van der Waals surface area (Å²) in [4.78, 5) is 0. The molecule has 0 unspecified atom stereocenters. The second-order valence-corrected chi connectivity index (χ2v) is 14.5. The summed E-state index contributed by atoms with van der Waals surface area (Å²) in [6, 6.07) is 10.3. The van der Waals surface area contributed by atoms with Crippen molar-refractivity contribution in [3.8, 4) is 0 Å². The van der Waals surface area contributed by atoms with E-state index in [2.05, 4.69) is 65.1 Å². The minimum atomic E-state index is -1.95. The highest BCUT2D eigenvalue weighted by molar-refractivity contribution is 6.74. The average Bonchev–Trinajstić information content (AvgIpc) is 2.94. The lowest BCUT2D eigenvalue weighted by Gasteiger charge is -2.41. The summed E-state index contributed by atoms with van der Waals surface area (Å²) in [6.07, 6.45) is 14.1. The van der Waals surface area contributed by atoms with Crippen molar-refractivity contribution in [2.24, 2.45) is 0 Å². The Balaban J connectivity index is 2.22. The van der Waals surface area contributed by atoms with Crippen molar-refractivity contribution in [3.05, 3.63) is 60.2 Å². The molecular weight excluding hydrogens is 360 g/mol. The minimum Gasteiger partial charge on any atom is -0.410 e. The molecule has 3 heteroatoms. The highest BCUT2D eigenvalue weighted by Gasteiger charge is 2.47. The molecule has 1 aromatic carbocycles. The first-order chi connectivity index (χ1) is 13.1. The van der Waals surface area contributed by atoms with E-state index in [9.17, 15) is 5.11 Å². The van der Waals surface area contributed by atoms with E-state index in [1.807, 2.05) is 30.4 Å². The Labute approximate surface area is 173 Å². The van der Waals surface area contributed by atoms with Crippen molar-refractivity contribution in [1.29, 1.82) is 0 Å². The largest absolute Gasteiger partial charge is 0.410 e. The summed E-state index contributed by atoms with van der Waals surface area (Å²) in [6.45, 7) is 13.6. The number of benzene rings is 1. The molecule has 0 heterocycles. The van der Waals surface area contributed by atoms with Gasteiger partial charge in [0.25, 0.3) is 0 Å². The maximum atomic E-state index is 11.5. The zero-order valence-electron chi connectivity index (χ0n) is 18.7. The van der Waals surface area contributed by atoms with Gasteiger partial charge in [0.2, 0.25) is 0 Å². The van der Waals surface area contributed by atoms with E-state index in [0.717, 1.165) is 12.0 Å². The lowest BCUT2D eigenvalue weighted by Crippen LogP contribution is -2.46. The second-order valence-electron chi connectivity index (χ2n) is 9.73. The predicted octanol–water partition coefficient (Wildman–Crippen LogP) is 6.99. The van der Waals surface area contributed by atoms with Gasteiger partial charge in [-0.05, 0) is 42.6 Å². The van der Waals surface area contributed by atoms with Gasteiger partial charge in [0.15, 0.2) is 8.32 Å². The number of aliphatic hydroxyl groups is 1. The Morgan fingerprint density at radius 1 is 1.11 bits per heavy atom. The Morgan fingerprint density at radius 3 is 2.39 bits per heavy atom. The molecule has 156 valence electrons. The lowest BCUT2D eigenvalue weighted by molar-refractivity contribution is 0.0733. The van der Waals surface area contributed by atoms with Gasteiger partial charge in [-0.3, -0.25) is 0 Å². The number of unbranched alkanes of at least 4 members (excludes halogenated alkanes) is 4. The normalized spacial score (nSPS) is 25.7. The molecule has 1 aliphatic rings. The molecule has 0 fully saturated rings. The van der Waals surface area contributed by atoms with Crippen LogP contribution in [-0.2, 0) is 4.43 Å². The van der Waals surface area contributed by atoms with Gasteiger partial charge in [-0.2, -0.15) is 0 Å². The first-order valence-electron chi connectivity index (χ1n) is 10.9. The summed E-state index contributed by atoms with van der Waals surface area (Å²) >= 11 is 0. The summed E-state index contributed by atoms with van der Waals surface area (Å²) in [5.74, 6) is -0.102. The van der Waals surface area contributed by atoms with E-state index in [1.165, 1.54) is 25.7 Å². The lowest BCUT2D eigenvalue weighted by atomic mass is 9.83. The molecule has 0 saturated carbocycles. The molecule has 2 rings (SSSR count). The van der Waals surface area contributed by atoms with Crippen LogP contribution in [0.2, 0.25) is 18.1 Å². The highest BCUT2D eigenvalue weighted by Crippen LogP contribution is 2.45. The fraction of sp³-hybridized carbons (Fsp3) is 0.600. The van der Waals surface area contributed by atoms with Crippen LogP contribution in [0.1, 0.15) is 71.3 Å². The van der Waals surface area contributed by atoms with Gasteiger partial charge in [0, 0.05) is 5.92 Å². The molecule has 0 radical (unpaired) electrons. The number of hydrogen-bond acceptors (Lipinski definition) is 2. The smallest absolute Gasteiger partial charge is 0.192 e.